The first kappa shape index (κ1) is 8.43. The summed E-state index contributed by atoms with van der Waals surface area (Å²) in [4.78, 5) is 9.80. The number of carbonyl (C=O) groups excluding carboxylic acids is 1. The number of hydrogen-bond acceptors (Lipinski definition) is 2. The SMILES string of the molecule is CCC(CNC=O)NC. The Morgan fingerprint density at radius 1 is 1.67 bits per heavy atom. The molecular formula is C6H14N2O. The van der Waals surface area contributed by atoms with E-state index < -0.39 is 0 Å². The molecule has 0 aliphatic rings. The molecular weight excluding hydrogens is 116 g/mol. The van der Waals surface area contributed by atoms with E-state index in [4.69, 9.17) is 0 Å². The van der Waals surface area contributed by atoms with Gasteiger partial charge in [0.1, 0.15) is 0 Å². The molecule has 0 fully saturated rings. The van der Waals surface area contributed by atoms with Crippen molar-refractivity contribution in [1.29, 1.82) is 0 Å². The van der Waals surface area contributed by atoms with E-state index in [1.807, 2.05) is 7.05 Å². The second-order valence-electron chi connectivity index (χ2n) is 1.92. The molecule has 0 aromatic rings. The van der Waals surface area contributed by atoms with Crippen LogP contribution in [-0.2, 0) is 4.79 Å². The highest BCUT2D eigenvalue weighted by Gasteiger charge is 1.98. The lowest BCUT2D eigenvalue weighted by Crippen LogP contribution is -2.35. The van der Waals surface area contributed by atoms with Gasteiger partial charge >= 0.3 is 0 Å². The van der Waals surface area contributed by atoms with Crippen molar-refractivity contribution < 1.29 is 4.79 Å². The van der Waals surface area contributed by atoms with Crippen LogP contribution in [0.3, 0.4) is 0 Å². The smallest absolute Gasteiger partial charge is 0.207 e. The number of hydrogen-bond donors (Lipinski definition) is 2. The summed E-state index contributed by atoms with van der Waals surface area (Å²) in [5.74, 6) is 0. The quantitative estimate of drug-likeness (QED) is 0.503. The van der Waals surface area contributed by atoms with Crippen molar-refractivity contribution >= 4 is 6.41 Å². The third-order valence-electron chi connectivity index (χ3n) is 1.35. The van der Waals surface area contributed by atoms with Crippen LogP contribution >= 0.6 is 0 Å². The van der Waals surface area contributed by atoms with Gasteiger partial charge in [0, 0.05) is 12.6 Å². The van der Waals surface area contributed by atoms with E-state index in [0.29, 0.717) is 6.04 Å². The molecule has 0 saturated carbocycles. The average molecular weight is 130 g/mol. The number of nitrogens with one attached hydrogen (secondary N) is 2. The maximum absolute atomic E-state index is 9.80. The van der Waals surface area contributed by atoms with Crippen LogP contribution in [0, 0.1) is 0 Å². The molecule has 0 spiro atoms. The zero-order chi connectivity index (χ0) is 7.11. The van der Waals surface area contributed by atoms with Gasteiger partial charge in [-0.05, 0) is 13.5 Å². The lowest BCUT2D eigenvalue weighted by molar-refractivity contribution is -0.109. The standard InChI is InChI=1S/C6H14N2O/c1-3-6(7-2)4-8-5-9/h5-7H,3-4H2,1-2H3,(H,8,9). The molecule has 0 radical (unpaired) electrons. The van der Waals surface area contributed by atoms with Crippen LogP contribution in [0.25, 0.3) is 0 Å². The predicted molar refractivity (Wildman–Crippen MR) is 37.2 cm³/mol. The molecule has 0 bridgehead atoms. The molecule has 0 saturated heterocycles. The highest BCUT2D eigenvalue weighted by molar-refractivity contribution is 5.45. The molecule has 0 rings (SSSR count). The van der Waals surface area contributed by atoms with Crippen LogP contribution in [-0.4, -0.2) is 26.0 Å². The van der Waals surface area contributed by atoms with Gasteiger partial charge in [-0.25, -0.2) is 0 Å². The summed E-state index contributed by atoms with van der Waals surface area (Å²) in [5, 5.41) is 5.67. The highest BCUT2D eigenvalue weighted by Crippen LogP contribution is 1.84. The molecule has 3 heteroatoms. The van der Waals surface area contributed by atoms with Crippen molar-refractivity contribution in [2.24, 2.45) is 0 Å². The maximum atomic E-state index is 9.80. The Morgan fingerprint density at radius 2 is 2.33 bits per heavy atom. The fourth-order valence-corrected chi connectivity index (χ4v) is 0.641. The van der Waals surface area contributed by atoms with Gasteiger partial charge < -0.3 is 10.6 Å². The van der Waals surface area contributed by atoms with Gasteiger partial charge in [0.15, 0.2) is 0 Å². The lowest BCUT2D eigenvalue weighted by atomic mass is 10.2. The zero-order valence-corrected chi connectivity index (χ0v) is 5.98. The third-order valence-corrected chi connectivity index (χ3v) is 1.35. The summed E-state index contributed by atoms with van der Waals surface area (Å²) in [6.07, 6.45) is 1.76. The van der Waals surface area contributed by atoms with Crippen LogP contribution in [0.1, 0.15) is 13.3 Å². The molecule has 54 valence electrons. The Balaban J connectivity index is 3.19. The molecule has 0 aromatic heterocycles. The van der Waals surface area contributed by atoms with Crippen molar-refractivity contribution in [2.45, 2.75) is 19.4 Å². The van der Waals surface area contributed by atoms with E-state index in [-0.39, 0.29) is 0 Å². The van der Waals surface area contributed by atoms with Crippen LogP contribution < -0.4 is 10.6 Å². The van der Waals surface area contributed by atoms with Crippen molar-refractivity contribution in [3.8, 4) is 0 Å². The van der Waals surface area contributed by atoms with Crippen molar-refractivity contribution in [1.82, 2.24) is 10.6 Å². The van der Waals surface area contributed by atoms with Crippen molar-refractivity contribution in [2.75, 3.05) is 13.6 Å². The number of carbonyl (C=O) groups is 1. The van der Waals surface area contributed by atoms with Crippen LogP contribution in [0.5, 0.6) is 0 Å². The Bertz CT molecular complexity index is 71.5. The minimum Gasteiger partial charge on any atom is -0.357 e. The normalized spacial score (nSPS) is 12.7. The third kappa shape index (κ3) is 3.97. The van der Waals surface area contributed by atoms with Gasteiger partial charge in [-0.3, -0.25) is 4.79 Å². The van der Waals surface area contributed by atoms with E-state index in [0.717, 1.165) is 19.4 Å². The van der Waals surface area contributed by atoms with E-state index >= 15 is 0 Å². The van der Waals surface area contributed by atoms with Gasteiger partial charge in [0.05, 0.1) is 0 Å². The predicted octanol–water partition coefficient (Wildman–Crippen LogP) is -0.270. The van der Waals surface area contributed by atoms with E-state index in [1.54, 1.807) is 0 Å². The molecule has 0 aliphatic heterocycles. The summed E-state index contributed by atoms with van der Waals surface area (Å²) in [6, 6.07) is 0.412. The second kappa shape index (κ2) is 5.56. The fourth-order valence-electron chi connectivity index (χ4n) is 0.641. The van der Waals surface area contributed by atoms with Crippen LogP contribution in [0.4, 0.5) is 0 Å². The topological polar surface area (TPSA) is 41.1 Å². The number of likely N-dealkylation sites (N-methyl/N-ethyl adjacent to an activating group) is 1. The van der Waals surface area contributed by atoms with E-state index in [1.165, 1.54) is 0 Å². The fraction of sp³-hybridized carbons (Fsp3) is 0.833. The molecule has 0 heterocycles. The molecule has 1 atom stereocenters. The summed E-state index contributed by atoms with van der Waals surface area (Å²) < 4.78 is 0. The van der Waals surface area contributed by atoms with Gasteiger partial charge in [-0.2, -0.15) is 0 Å². The van der Waals surface area contributed by atoms with Crippen molar-refractivity contribution in [3.63, 3.8) is 0 Å². The Kier molecular flexibility index (Phi) is 5.21. The first-order valence-electron chi connectivity index (χ1n) is 3.19. The minimum atomic E-state index is 0.412. The van der Waals surface area contributed by atoms with Gasteiger partial charge in [-0.1, -0.05) is 6.92 Å². The first-order valence-corrected chi connectivity index (χ1v) is 3.19. The highest BCUT2D eigenvalue weighted by atomic mass is 16.1. The monoisotopic (exact) mass is 130 g/mol. The van der Waals surface area contributed by atoms with Crippen molar-refractivity contribution in [3.05, 3.63) is 0 Å². The molecule has 0 aliphatic carbocycles. The molecule has 3 nitrogen and oxygen atoms in total. The minimum absolute atomic E-state index is 0.412. The van der Waals surface area contributed by atoms with Gasteiger partial charge in [-0.15, -0.1) is 0 Å². The van der Waals surface area contributed by atoms with Crippen LogP contribution in [0.2, 0.25) is 0 Å². The van der Waals surface area contributed by atoms with Crippen LogP contribution in [0.15, 0.2) is 0 Å². The Labute approximate surface area is 55.8 Å². The van der Waals surface area contributed by atoms with Gasteiger partial charge in [0.25, 0.3) is 0 Å². The Hall–Kier alpha value is -0.570. The van der Waals surface area contributed by atoms with E-state index in [2.05, 4.69) is 17.6 Å². The summed E-state index contributed by atoms with van der Waals surface area (Å²) in [6.45, 7) is 2.80. The summed E-state index contributed by atoms with van der Waals surface area (Å²) >= 11 is 0. The Morgan fingerprint density at radius 3 is 2.67 bits per heavy atom. The van der Waals surface area contributed by atoms with E-state index in [9.17, 15) is 4.79 Å². The number of rotatable bonds is 5. The second-order valence-corrected chi connectivity index (χ2v) is 1.92. The zero-order valence-electron chi connectivity index (χ0n) is 5.98. The largest absolute Gasteiger partial charge is 0.357 e. The lowest BCUT2D eigenvalue weighted by Gasteiger charge is -2.11. The first-order chi connectivity index (χ1) is 4.35. The maximum Gasteiger partial charge on any atom is 0.207 e. The molecule has 1 amide bonds. The summed E-state index contributed by atoms with van der Waals surface area (Å²) in [7, 11) is 1.89. The molecule has 9 heavy (non-hydrogen) atoms. The van der Waals surface area contributed by atoms with Gasteiger partial charge in [0.2, 0.25) is 6.41 Å². The number of amides is 1. The summed E-state index contributed by atoms with van der Waals surface area (Å²) in [5.41, 5.74) is 0. The molecule has 1 unspecified atom stereocenters. The molecule has 2 N–H and O–H groups in total. The molecule has 0 aromatic carbocycles. The average Bonchev–Trinajstić information content (AvgIpc) is 1.91.